The van der Waals surface area contributed by atoms with Gasteiger partial charge in [0.05, 0.1) is 20.1 Å². The molecule has 0 radical (unpaired) electrons. The van der Waals surface area contributed by atoms with E-state index in [9.17, 15) is 9.59 Å². The van der Waals surface area contributed by atoms with E-state index in [1.54, 1.807) is 11.7 Å². The Balaban J connectivity index is 1.19. The van der Waals surface area contributed by atoms with Gasteiger partial charge in [-0.25, -0.2) is 4.79 Å². The Kier molecular flexibility index (Phi) is 11.8. The molecule has 4 rings (SSSR count). The first-order chi connectivity index (χ1) is 20.8. The molecule has 1 fully saturated rings. The van der Waals surface area contributed by atoms with Gasteiger partial charge in [-0.05, 0) is 83.0 Å². The van der Waals surface area contributed by atoms with Crippen LogP contribution in [0.25, 0.3) is 11.2 Å². The van der Waals surface area contributed by atoms with Crippen LogP contribution in [0.2, 0.25) is 0 Å². The van der Waals surface area contributed by atoms with Gasteiger partial charge in [-0.1, -0.05) is 12.1 Å². The molecular weight excluding hydrogens is 554 g/mol. The van der Waals surface area contributed by atoms with E-state index >= 15 is 0 Å². The highest BCUT2D eigenvalue weighted by Crippen LogP contribution is 2.30. The third-order valence-electron chi connectivity index (χ3n) is 8.05. The molecule has 2 aromatic heterocycles. The van der Waals surface area contributed by atoms with Crippen LogP contribution in [0.3, 0.4) is 0 Å². The fourth-order valence-electron chi connectivity index (χ4n) is 5.51. The summed E-state index contributed by atoms with van der Waals surface area (Å²) in [7, 11) is 5.09. The third-order valence-corrected chi connectivity index (χ3v) is 8.05. The van der Waals surface area contributed by atoms with Crippen LogP contribution < -0.4 is 20.9 Å². The number of aromatic amines is 1. The number of likely N-dealkylation sites (N-methyl/N-ethyl adjacent to an activating group) is 1. The number of H-pyrrole nitrogens is 1. The zero-order valence-corrected chi connectivity index (χ0v) is 25.7. The lowest BCUT2D eigenvalue weighted by Crippen LogP contribution is -2.39. The Morgan fingerprint density at radius 1 is 1.14 bits per heavy atom. The maximum absolute atomic E-state index is 12.9. The van der Waals surface area contributed by atoms with Crippen LogP contribution in [0.4, 0.5) is 5.82 Å². The van der Waals surface area contributed by atoms with Crippen molar-refractivity contribution in [3.8, 4) is 11.8 Å². The highest BCUT2D eigenvalue weighted by molar-refractivity contribution is 5.82. The summed E-state index contributed by atoms with van der Waals surface area (Å²) < 4.78 is 22.9. The molecule has 0 spiro atoms. The number of methoxy groups -OCH3 is 2. The van der Waals surface area contributed by atoms with Crippen LogP contribution >= 0.6 is 0 Å². The number of ether oxygens (including phenoxy) is 4. The Morgan fingerprint density at radius 2 is 1.93 bits per heavy atom. The zero-order chi connectivity index (χ0) is 30.8. The van der Waals surface area contributed by atoms with E-state index < -0.39 is 0 Å². The van der Waals surface area contributed by atoms with Gasteiger partial charge in [-0.15, -0.1) is 0 Å². The molecule has 3 N–H and O–H groups in total. The summed E-state index contributed by atoms with van der Waals surface area (Å²) >= 11 is 0. The van der Waals surface area contributed by atoms with Gasteiger partial charge in [0.15, 0.2) is 11.5 Å². The molecule has 1 aliphatic rings. The molecule has 1 unspecified atom stereocenters. The quantitative estimate of drug-likeness (QED) is 0.184. The van der Waals surface area contributed by atoms with E-state index in [4.69, 9.17) is 24.7 Å². The molecule has 0 amide bonds. The molecule has 0 saturated carbocycles. The highest BCUT2D eigenvalue weighted by atomic mass is 16.5. The van der Waals surface area contributed by atoms with E-state index in [1.165, 1.54) is 7.11 Å². The van der Waals surface area contributed by atoms with Crippen molar-refractivity contribution < 1.29 is 23.7 Å². The van der Waals surface area contributed by atoms with Crippen molar-refractivity contribution in [1.29, 1.82) is 0 Å². The normalized spacial score (nSPS) is 15.2. The van der Waals surface area contributed by atoms with Crippen molar-refractivity contribution >= 4 is 23.0 Å². The molecule has 1 aliphatic heterocycles. The first kappa shape index (κ1) is 32.2. The van der Waals surface area contributed by atoms with Crippen LogP contribution in [-0.4, -0.2) is 109 Å². The summed E-state index contributed by atoms with van der Waals surface area (Å²) in [5, 5.41) is 0. The maximum Gasteiger partial charge on any atom is 0.328 e. The Labute approximate surface area is 252 Å². The van der Waals surface area contributed by atoms with Gasteiger partial charge in [-0.2, -0.15) is 9.97 Å². The average Bonchev–Trinajstić information content (AvgIpc) is 3.33. The summed E-state index contributed by atoms with van der Waals surface area (Å²) in [5.74, 6) is 1.03. The smallest absolute Gasteiger partial charge is 0.328 e. The van der Waals surface area contributed by atoms with Gasteiger partial charge >= 0.3 is 17.7 Å². The van der Waals surface area contributed by atoms with Gasteiger partial charge in [0.1, 0.15) is 24.5 Å². The number of rotatable bonds is 16. The number of nitrogen functional groups attached to an aromatic ring is 1. The number of fused-ring (bicyclic) bond motifs is 1. The molecule has 13 heteroatoms. The molecule has 3 heterocycles. The second-order valence-corrected chi connectivity index (χ2v) is 11.1. The van der Waals surface area contributed by atoms with Crippen LogP contribution in [0.1, 0.15) is 37.8 Å². The number of imidazole rings is 1. The Morgan fingerprint density at radius 3 is 2.67 bits per heavy atom. The van der Waals surface area contributed by atoms with E-state index in [-0.39, 0.29) is 36.0 Å². The fraction of sp³-hybridized carbons (Fsp3) is 0.600. The summed E-state index contributed by atoms with van der Waals surface area (Å²) in [6.45, 7) is 8.14. The zero-order valence-electron chi connectivity index (χ0n) is 25.7. The number of nitrogens with two attached hydrogens (primary N) is 1. The minimum atomic E-state index is -0.264. The van der Waals surface area contributed by atoms with E-state index in [2.05, 4.69) is 38.7 Å². The van der Waals surface area contributed by atoms with Crippen LogP contribution in [-0.2, 0) is 20.7 Å². The van der Waals surface area contributed by atoms with E-state index in [0.717, 1.165) is 63.3 Å². The first-order valence-electron chi connectivity index (χ1n) is 14.9. The fourth-order valence-corrected chi connectivity index (χ4v) is 5.51. The predicted octanol–water partition coefficient (Wildman–Crippen LogP) is 2.12. The van der Waals surface area contributed by atoms with Gasteiger partial charge < -0.3 is 39.5 Å². The van der Waals surface area contributed by atoms with Crippen molar-refractivity contribution in [3.05, 3.63) is 40.3 Å². The minimum absolute atomic E-state index is 0.0446. The summed E-state index contributed by atoms with van der Waals surface area (Å²) in [6, 6.07) is 7.66. The second-order valence-electron chi connectivity index (χ2n) is 11.1. The molecule has 1 aromatic carbocycles. The number of anilines is 1. The highest BCUT2D eigenvalue weighted by Gasteiger charge is 2.28. The lowest BCUT2D eigenvalue weighted by Gasteiger charge is -2.35. The van der Waals surface area contributed by atoms with Crippen molar-refractivity contribution in [2.75, 3.05) is 79.5 Å². The topological polar surface area (TPSA) is 150 Å². The second kappa shape index (κ2) is 15.7. The Hall–Kier alpha value is -3.68. The number of hydrogen-bond donors (Lipinski definition) is 2. The minimum Gasteiger partial charge on any atom is -0.492 e. The number of aromatic nitrogens is 4. The van der Waals surface area contributed by atoms with Crippen molar-refractivity contribution in [2.24, 2.45) is 5.92 Å². The Bertz CT molecular complexity index is 1390. The molecule has 236 valence electrons. The molecule has 1 saturated heterocycles. The number of esters is 1. The molecule has 13 nitrogen and oxygen atoms in total. The van der Waals surface area contributed by atoms with Crippen LogP contribution in [0.15, 0.2) is 29.1 Å². The molecule has 0 aliphatic carbocycles. The van der Waals surface area contributed by atoms with Gasteiger partial charge in [-0.3, -0.25) is 9.36 Å². The summed E-state index contributed by atoms with van der Waals surface area (Å²) in [6.07, 6.45) is 3.30. The number of hydrogen-bond acceptors (Lipinski definition) is 11. The standard InChI is InChI=1S/C30H45N7O6/c1-21(37-28-26(32-30(37)39)27(31)33-29(34-28)43-18-17-40-3)23-9-13-36(14-10-23)12-6-11-35(2)15-16-42-24-8-5-7-22(19-24)20-25(38)41-4/h5,7-8,19,21,23H,6,9-18,20H2,1-4H3,(H,32,39)(H2,31,33,34). The molecule has 0 bridgehead atoms. The van der Waals surface area contributed by atoms with Crippen LogP contribution in [0, 0.1) is 5.92 Å². The molecule has 43 heavy (non-hydrogen) atoms. The number of carbonyl (C=O) groups is 1. The molecule has 3 aromatic rings. The lowest BCUT2D eigenvalue weighted by molar-refractivity contribution is -0.139. The number of carbonyl (C=O) groups excluding carboxylic acids is 1. The monoisotopic (exact) mass is 599 g/mol. The van der Waals surface area contributed by atoms with Crippen LogP contribution in [0.5, 0.6) is 11.8 Å². The average molecular weight is 600 g/mol. The van der Waals surface area contributed by atoms with Gasteiger partial charge in [0.25, 0.3) is 0 Å². The maximum atomic E-state index is 12.9. The van der Waals surface area contributed by atoms with E-state index in [1.807, 2.05) is 24.3 Å². The van der Waals surface area contributed by atoms with Crippen molar-refractivity contribution in [2.45, 2.75) is 38.6 Å². The third kappa shape index (κ3) is 8.91. The SMILES string of the molecule is COCCOc1nc(N)c2[nH]c(=O)n(C(C)C3CCN(CCCN(C)CCOc4cccc(CC(=O)OC)c4)CC3)c2n1. The first-order valence-corrected chi connectivity index (χ1v) is 14.9. The largest absolute Gasteiger partial charge is 0.492 e. The number of likely N-dealkylation sites (tertiary alicyclic amines) is 1. The number of benzene rings is 1. The van der Waals surface area contributed by atoms with Gasteiger partial charge in [0.2, 0.25) is 0 Å². The number of nitrogens with zero attached hydrogens (tertiary/aromatic N) is 5. The van der Waals surface area contributed by atoms with Gasteiger partial charge in [0, 0.05) is 19.7 Å². The van der Waals surface area contributed by atoms with Crippen molar-refractivity contribution in [3.63, 3.8) is 0 Å². The summed E-state index contributed by atoms with van der Waals surface area (Å²) in [4.78, 5) is 40.7. The number of nitrogens with one attached hydrogen (secondary N) is 1. The van der Waals surface area contributed by atoms with Crippen molar-refractivity contribution in [1.82, 2.24) is 29.3 Å². The molecule has 1 atom stereocenters. The summed E-state index contributed by atoms with van der Waals surface area (Å²) in [5.41, 5.74) is 7.66. The van der Waals surface area contributed by atoms with E-state index in [0.29, 0.717) is 36.9 Å². The number of piperidine rings is 1. The lowest BCUT2D eigenvalue weighted by atomic mass is 9.90. The predicted molar refractivity (Wildman–Crippen MR) is 164 cm³/mol. The molecular formula is C30H45N7O6.